The predicted molar refractivity (Wildman–Crippen MR) is 72.2 cm³/mol. The second-order valence-electron chi connectivity index (χ2n) is 3.88. The van der Waals surface area contributed by atoms with Crippen molar-refractivity contribution in [1.82, 2.24) is 0 Å². The number of halogens is 1. The Hall–Kier alpha value is -2.79. The van der Waals surface area contributed by atoms with Gasteiger partial charge in [-0.1, -0.05) is 11.6 Å². The zero-order valence-electron chi connectivity index (χ0n) is 10.8. The van der Waals surface area contributed by atoms with Crippen LogP contribution in [0.2, 0.25) is 5.02 Å². The number of amides is 1. The van der Waals surface area contributed by atoms with Crippen molar-refractivity contribution in [2.75, 3.05) is 11.9 Å². The Morgan fingerprint density at radius 1 is 1.43 bits per heavy atom. The van der Waals surface area contributed by atoms with Gasteiger partial charge in [0.2, 0.25) is 5.52 Å². The van der Waals surface area contributed by atoms with Crippen molar-refractivity contribution in [3.8, 4) is 6.07 Å². The number of ether oxygens (including phenoxy) is 1. The first-order chi connectivity index (χ1) is 9.99. The van der Waals surface area contributed by atoms with E-state index in [1.807, 2.05) is 0 Å². The SMILES string of the molecule is CCOC(=O)Nc1c(C#N)[n+]([O-])c2cc(Cl)ccc2[n+]1[O-]. The van der Waals surface area contributed by atoms with Crippen LogP contribution >= 0.6 is 11.6 Å². The lowest BCUT2D eigenvalue weighted by atomic mass is 10.3. The van der Waals surface area contributed by atoms with Gasteiger partial charge in [-0.15, -0.1) is 4.73 Å². The van der Waals surface area contributed by atoms with Gasteiger partial charge in [0.1, 0.15) is 0 Å². The van der Waals surface area contributed by atoms with Crippen LogP contribution in [-0.4, -0.2) is 12.7 Å². The quantitative estimate of drug-likeness (QED) is 0.661. The number of anilines is 1. The van der Waals surface area contributed by atoms with Gasteiger partial charge in [-0.2, -0.15) is 15.4 Å². The van der Waals surface area contributed by atoms with Crippen molar-refractivity contribution < 1.29 is 19.0 Å². The number of hydrogen-bond donors (Lipinski definition) is 1. The number of aromatic nitrogens is 2. The van der Waals surface area contributed by atoms with Gasteiger partial charge in [-0.3, -0.25) is 0 Å². The molecule has 108 valence electrons. The summed E-state index contributed by atoms with van der Waals surface area (Å²) in [4.78, 5) is 11.4. The number of nitriles is 1. The molecule has 0 bridgehead atoms. The molecule has 0 aliphatic heterocycles. The molecule has 8 nitrogen and oxygen atoms in total. The van der Waals surface area contributed by atoms with Crippen molar-refractivity contribution >= 4 is 34.5 Å². The molecule has 0 aliphatic carbocycles. The predicted octanol–water partition coefficient (Wildman–Crippen LogP) is 1.20. The zero-order chi connectivity index (χ0) is 15.6. The van der Waals surface area contributed by atoms with E-state index < -0.39 is 17.6 Å². The summed E-state index contributed by atoms with van der Waals surface area (Å²) in [6.45, 7) is 1.65. The van der Waals surface area contributed by atoms with E-state index >= 15 is 0 Å². The summed E-state index contributed by atoms with van der Waals surface area (Å²) in [5, 5.41) is 35.7. The van der Waals surface area contributed by atoms with Crippen LogP contribution < -0.4 is 14.8 Å². The lowest BCUT2D eigenvalue weighted by molar-refractivity contribution is -0.620. The third-order valence-corrected chi connectivity index (χ3v) is 2.84. The van der Waals surface area contributed by atoms with Gasteiger partial charge in [-0.05, 0) is 19.1 Å². The molecule has 0 saturated carbocycles. The maximum absolute atomic E-state index is 12.2. The molecule has 1 amide bonds. The minimum atomic E-state index is -0.938. The summed E-state index contributed by atoms with van der Waals surface area (Å²) in [5.41, 5.74) is -0.684. The zero-order valence-corrected chi connectivity index (χ0v) is 11.5. The molecule has 1 aromatic heterocycles. The molecule has 2 aromatic rings. The average molecular weight is 309 g/mol. The van der Waals surface area contributed by atoms with E-state index in [9.17, 15) is 15.2 Å². The molecule has 0 spiro atoms. The van der Waals surface area contributed by atoms with Crippen LogP contribution in [0.5, 0.6) is 0 Å². The van der Waals surface area contributed by atoms with Crippen molar-refractivity contribution in [3.63, 3.8) is 0 Å². The average Bonchev–Trinajstić information content (AvgIpc) is 2.45. The van der Waals surface area contributed by atoms with Gasteiger partial charge in [0.15, 0.2) is 6.07 Å². The second kappa shape index (κ2) is 5.68. The Labute approximate surface area is 123 Å². The van der Waals surface area contributed by atoms with Crippen LogP contribution in [0.1, 0.15) is 12.6 Å². The highest BCUT2D eigenvalue weighted by Gasteiger charge is 2.29. The second-order valence-corrected chi connectivity index (χ2v) is 4.31. The molecule has 0 fully saturated rings. The van der Waals surface area contributed by atoms with Crippen molar-refractivity contribution in [2.24, 2.45) is 0 Å². The van der Waals surface area contributed by atoms with Gasteiger partial charge in [-0.25, -0.2) is 4.73 Å². The largest absolute Gasteiger partial charge is 0.710 e. The van der Waals surface area contributed by atoms with Gasteiger partial charge < -0.3 is 15.2 Å². The maximum Gasteiger partial charge on any atom is 0.505 e. The molecule has 0 unspecified atom stereocenters. The summed E-state index contributed by atoms with van der Waals surface area (Å²) in [7, 11) is 0. The highest BCUT2D eigenvalue weighted by molar-refractivity contribution is 6.31. The highest BCUT2D eigenvalue weighted by Crippen LogP contribution is 2.17. The molecule has 0 atom stereocenters. The number of nitrogens with zero attached hydrogens (tertiary/aromatic N) is 3. The number of fused-ring (bicyclic) bond motifs is 1. The molecule has 0 radical (unpaired) electrons. The standard InChI is InChI=1S/C12H9ClN4O4/c1-2-21-12(18)15-11-10(6-14)16(19)9-5-7(13)3-4-8(9)17(11)20/h3-5H,2H2,1H3,(H,15,18). The number of carbonyl (C=O) groups is 1. The number of rotatable bonds is 2. The molecule has 0 saturated heterocycles. The molecule has 9 heteroatoms. The third-order valence-electron chi connectivity index (χ3n) is 2.61. The molecule has 2 rings (SSSR count). The van der Waals surface area contributed by atoms with Gasteiger partial charge in [0.25, 0.3) is 5.52 Å². The summed E-state index contributed by atoms with van der Waals surface area (Å²) >= 11 is 5.77. The fourth-order valence-electron chi connectivity index (χ4n) is 1.74. The van der Waals surface area contributed by atoms with E-state index in [4.69, 9.17) is 16.9 Å². The highest BCUT2D eigenvalue weighted by atomic mass is 35.5. The van der Waals surface area contributed by atoms with E-state index in [0.717, 1.165) is 0 Å². The van der Waals surface area contributed by atoms with Gasteiger partial charge in [0, 0.05) is 11.1 Å². The van der Waals surface area contributed by atoms with Crippen LogP contribution in [0.25, 0.3) is 11.0 Å². The summed E-state index contributed by atoms with van der Waals surface area (Å²) in [5.74, 6) is -0.499. The molecule has 1 heterocycles. The first-order valence-electron chi connectivity index (χ1n) is 5.81. The van der Waals surface area contributed by atoms with Crippen molar-refractivity contribution in [3.05, 3.63) is 39.3 Å². The lowest BCUT2D eigenvalue weighted by Crippen LogP contribution is -2.44. The summed E-state index contributed by atoms with van der Waals surface area (Å²) in [6.07, 6.45) is -0.938. The Kier molecular flexibility index (Phi) is 3.95. The minimum absolute atomic E-state index is 0.0415. The molecule has 1 N–H and O–H groups in total. The normalized spacial score (nSPS) is 10.1. The van der Waals surface area contributed by atoms with Crippen molar-refractivity contribution in [2.45, 2.75) is 6.92 Å². The van der Waals surface area contributed by atoms with Gasteiger partial charge >= 0.3 is 17.6 Å². The third kappa shape index (κ3) is 2.59. The number of nitrogens with one attached hydrogen (secondary N) is 1. The number of benzene rings is 1. The van der Waals surface area contributed by atoms with Crippen LogP contribution in [0, 0.1) is 21.7 Å². The topological polar surface area (TPSA) is 116 Å². The number of carbonyl (C=O) groups excluding carboxylic acids is 1. The Balaban J connectivity index is 2.70. The molecule has 21 heavy (non-hydrogen) atoms. The Bertz CT molecular complexity index is 772. The Morgan fingerprint density at radius 2 is 2.14 bits per heavy atom. The van der Waals surface area contributed by atoms with Crippen LogP contribution in [0.4, 0.5) is 10.6 Å². The van der Waals surface area contributed by atoms with E-state index in [1.54, 1.807) is 13.0 Å². The Morgan fingerprint density at radius 3 is 2.76 bits per heavy atom. The minimum Gasteiger partial charge on any atom is -0.710 e. The summed E-state index contributed by atoms with van der Waals surface area (Å²) < 4.78 is 5.13. The van der Waals surface area contributed by atoms with Gasteiger partial charge in [0.05, 0.1) is 6.61 Å². The van der Waals surface area contributed by atoms with Crippen molar-refractivity contribution in [1.29, 1.82) is 5.26 Å². The molecule has 1 aromatic carbocycles. The monoisotopic (exact) mass is 308 g/mol. The van der Waals surface area contributed by atoms with E-state index in [0.29, 0.717) is 0 Å². The smallest absolute Gasteiger partial charge is 0.505 e. The lowest BCUT2D eigenvalue weighted by Gasteiger charge is -2.12. The summed E-state index contributed by atoms with van der Waals surface area (Å²) in [6, 6.07) is 5.57. The first-order valence-corrected chi connectivity index (χ1v) is 6.19. The first kappa shape index (κ1) is 14.6. The molecular weight excluding hydrogens is 300 g/mol. The van der Waals surface area contributed by atoms with Crippen LogP contribution in [-0.2, 0) is 4.74 Å². The van der Waals surface area contributed by atoms with E-state index in [1.165, 1.54) is 18.2 Å². The maximum atomic E-state index is 12.2. The van der Waals surface area contributed by atoms with Crippen LogP contribution in [0.3, 0.4) is 0 Å². The van der Waals surface area contributed by atoms with E-state index in [-0.39, 0.29) is 32.1 Å². The number of hydrogen-bond acceptors (Lipinski definition) is 5. The van der Waals surface area contributed by atoms with Crippen LogP contribution in [0.15, 0.2) is 18.2 Å². The fraction of sp³-hybridized carbons (Fsp3) is 0.167. The fourth-order valence-corrected chi connectivity index (χ4v) is 1.90. The molecular formula is C12H9ClN4O4. The van der Waals surface area contributed by atoms with E-state index in [2.05, 4.69) is 10.1 Å². The molecule has 0 aliphatic rings.